The van der Waals surface area contributed by atoms with Crippen LogP contribution in [0.15, 0.2) is 10.3 Å². The van der Waals surface area contributed by atoms with Gasteiger partial charge < -0.3 is 9.68 Å². The third-order valence-corrected chi connectivity index (χ3v) is 1.98. The van der Waals surface area contributed by atoms with Gasteiger partial charge in [-0.2, -0.15) is 0 Å². The summed E-state index contributed by atoms with van der Waals surface area (Å²) in [7, 11) is 0. The summed E-state index contributed by atoms with van der Waals surface area (Å²) in [6.07, 6.45) is 3.26. The maximum absolute atomic E-state index is 10.6. The van der Waals surface area contributed by atoms with E-state index in [4.69, 9.17) is 0 Å². The van der Waals surface area contributed by atoms with E-state index in [-0.39, 0.29) is 0 Å². The van der Waals surface area contributed by atoms with E-state index >= 15 is 0 Å². The molecule has 88 valence electrons. The summed E-state index contributed by atoms with van der Waals surface area (Å²) in [6.45, 7) is 2.55. The van der Waals surface area contributed by atoms with Gasteiger partial charge in [-0.3, -0.25) is 0 Å². The Labute approximate surface area is 93.3 Å². The molecule has 0 aromatic heterocycles. The average molecular weight is 226 g/mol. The molecule has 0 aliphatic heterocycles. The summed E-state index contributed by atoms with van der Waals surface area (Å²) < 4.78 is 0. The minimum absolute atomic E-state index is 0.482. The summed E-state index contributed by atoms with van der Waals surface area (Å²) in [5.41, 5.74) is 1.14. The minimum atomic E-state index is -0.482. The fourth-order valence-corrected chi connectivity index (χ4v) is 1.31. The van der Waals surface area contributed by atoms with Crippen molar-refractivity contribution in [3.8, 4) is 0 Å². The fourth-order valence-electron chi connectivity index (χ4n) is 1.31. The third kappa shape index (κ3) is 4.20. The van der Waals surface area contributed by atoms with Gasteiger partial charge >= 0.3 is 11.9 Å². The molecule has 0 saturated heterocycles. The van der Waals surface area contributed by atoms with E-state index in [1.807, 2.05) is 0 Å². The Hall–Kier alpha value is -1.72. The van der Waals surface area contributed by atoms with Crippen molar-refractivity contribution in [1.82, 2.24) is 0 Å². The molecule has 0 amide bonds. The van der Waals surface area contributed by atoms with Crippen molar-refractivity contribution in [2.75, 3.05) is 0 Å². The van der Waals surface area contributed by atoms with Gasteiger partial charge in [0, 0.05) is 13.8 Å². The van der Waals surface area contributed by atoms with E-state index in [0.29, 0.717) is 24.3 Å². The van der Waals surface area contributed by atoms with Crippen LogP contribution < -0.4 is 0 Å². The van der Waals surface area contributed by atoms with Gasteiger partial charge in [-0.25, -0.2) is 9.59 Å². The largest absolute Gasteiger partial charge is 0.331 e. The Morgan fingerprint density at radius 3 is 1.62 bits per heavy atom. The monoisotopic (exact) mass is 226 g/mol. The highest BCUT2D eigenvalue weighted by atomic mass is 16.7. The molecule has 0 unspecified atom stereocenters. The van der Waals surface area contributed by atoms with Crippen LogP contribution in [0.4, 0.5) is 0 Å². The maximum Gasteiger partial charge on any atom is 0.331 e. The lowest BCUT2D eigenvalue weighted by atomic mass is 9.97. The lowest BCUT2D eigenvalue weighted by molar-refractivity contribution is -0.142. The highest BCUT2D eigenvalue weighted by molar-refractivity contribution is 6.42. The first kappa shape index (κ1) is 12.4. The first-order valence-electron chi connectivity index (χ1n) is 5.09. The second-order valence-electron chi connectivity index (χ2n) is 3.45. The van der Waals surface area contributed by atoms with Crippen LogP contribution in [-0.4, -0.2) is 23.4 Å². The molecule has 0 aromatic rings. The first-order valence-corrected chi connectivity index (χ1v) is 5.09. The molecule has 0 N–H and O–H groups in total. The van der Waals surface area contributed by atoms with Crippen LogP contribution in [0, 0.1) is 0 Å². The molecule has 1 rings (SSSR count). The molecule has 6 nitrogen and oxygen atoms in total. The molecule has 0 radical (unpaired) electrons. The number of oxime groups is 2. The number of carbonyl (C=O) groups excluding carboxylic acids is 2. The zero-order chi connectivity index (χ0) is 12.0. The quantitative estimate of drug-likeness (QED) is 0.526. The SMILES string of the molecule is CC(=O)O/N=C1/CCCC/C1=N\OC(C)=O. The molecule has 0 spiro atoms. The van der Waals surface area contributed by atoms with E-state index in [1.165, 1.54) is 13.8 Å². The van der Waals surface area contributed by atoms with Crippen LogP contribution in [-0.2, 0) is 19.3 Å². The predicted octanol–water partition coefficient (Wildman–Crippen LogP) is 1.40. The van der Waals surface area contributed by atoms with Gasteiger partial charge in [0.15, 0.2) is 0 Å². The van der Waals surface area contributed by atoms with Crippen molar-refractivity contribution in [2.24, 2.45) is 10.3 Å². The van der Waals surface area contributed by atoms with Gasteiger partial charge in [0.2, 0.25) is 0 Å². The smallest absolute Gasteiger partial charge is 0.318 e. The van der Waals surface area contributed by atoms with Crippen molar-refractivity contribution in [1.29, 1.82) is 0 Å². The van der Waals surface area contributed by atoms with Gasteiger partial charge in [0.25, 0.3) is 0 Å². The third-order valence-electron chi connectivity index (χ3n) is 1.98. The van der Waals surface area contributed by atoms with Crippen LogP contribution in [0.3, 0.4) is 0 Å². The van der Waals surface area contributed by atoms with Crippen molar-refractivity contribution in [2.45, 2.75) is 39.5 Å². The summed E-state index contributed by atoms with van der Waals surface area (Å²) >= 11 is 0. The summed E-state index contributed by atoms with van der Waals surface area (Å²) in [5.74, 6) is -0.963. The zero-order valence-electron chi connectivity index (χ0n) is 9.36. The van der Waals surface area contributed by atoms with Crippen molar-refractivity contribution >= 4 is 23.4 Å². The molecule has 1 aliphatic rings. The Morgan fingerprint density at radius 2 is 1.31 bits per heavy atom. The lowest BCUT2D eigenvalue weighted by Gasteiger charge is -2.13. The van der Waals surface area contributed by atoms with Crippen LogP contribution >= 0.6 is 0 Å². The summed E-state index contributed by atoms with van der Waals surface area (Å²) in [6, 6.07) is 0. The van der Waals surface area contributed by atoms with E-state index in [1.54, 1.807) is 0 Å². The molecule has 1 saturated carbocycles. The zero-order valence-corrected chi connectivity index (χ0v) is 9.36. The van der Waals surface area contributed by atoms with Crippen LogP contribution in [0.2, 0.25) is 0 Å². The predicted molar refractivity (Wildman–Crippen MR) is 56.9 cm³/mol. The van der Waals surface area contributed by atoms with E-state index in [0.717, 1.165) is 12.8 Å². The highest BCUT2D eigenvalue weighted by Crippen LogP contribution is 2.14. The van der Waals surface area contributed by atoms with Gasteiger partial charge in [-0.1, -0.05) is 10.3 Å². The molecule has 1 fully saturated rings. The Morgan fingerprint density at radius 1 is 0.938 bits per heavy atom. The van der Waals surface area contributed by atoms with Crippen molar-refractivity contribution < 1.29 is 19.3 Å². The molecule has 0 atom stereocenters. The molecular weight excluding hydrogens is 212 g/mol. The number of rotatable bonds is 2. The topological polar surface area (TPSA) is 77.3 Å². The van der Waals surface area contributed by atoms with Gasteiger partial charge in [0.05, 0.1) is 0 Å². The molecule has 0 aromatic carbocycles. The van der Waals surface area contributed by atoms with Gasteiger partial charge in [0.1, 0.15) is 11.4 Å². The Balaban J connectivity index is 2.70. The van der Waals surface area contributed by atoms with Crippen LogP contribution in [0.1, 0.15) is 39.5 Å². The van der Waals surface area contributed by atoms with Crippen molar-refractivity contribution in [3.05, 3.63) is 0 Å². The standard InChI is InChI=1S/C10H14N2O4/c1-7(13)15-11-9-5-3-4-6-10(9)12-16-8(2)14/h3-6H2,1-2H3/b11-9-,12-10+. The molecule has 0 heterocycles. The number of hydrogen-bond acceptors (Lipinski definition) is 6. The maximum atomic E-state index is 10.6. The molecule has 0 bridgehead atoms. The second-order valence-corrected chi connectivity index (χ2v) is 3.45. The van der Waals surface area contributed by atoms with Crippen molar-refractivity contribution in [3.63, 3.8) is 0 Å². The van der Waals surface area contributed by atoms with Gasteiger partial charge in [-0.05, 0) is 25.7 Å². The minimum Gasteiger partial charge on any atom is -0.318 e. The number of carbonyl (C=O) groups is 2. The van der Waals surface area contributed by atoms with Crippen LogP contribution in [0.25, 0.3) is 0 Å². The summed E-state index contributed by atoms with van der Waals surface area (Å²) in [5, 5.41) is 7.37. The fraction of sp³-hybridized carbons (Fsp3) is 0.600. The van der Waals surface area contributed by atoms with E-state index < -0.39 is 11.9 Å². The summed E-state index contributed by atoms with van der Waals surface area (Å²) in [4.78, 5) is 30.3. The van der Waals surface area contributed by atoms with Gasteiger partial charge in [-0.15, -0.1) is 0 Å². The molecular formula is C10H14N2O4. The molecule has 16 heavy (non-hydrogen) atoms. The van der Waals surface area contributed by atoms with E-state index in [9.17, 15) is 9.59 Å². The highest BCUT2D eigenvalue weighted by Gasteiger charge is 2.17. The molecule has 6 heteroatoms. The number of hydrogen-bond donors (Lipinski definition) is 0. The molecule has 1 aliphatic carbocycles. The second kappa shape index (κ2) is 5.99. The number of nitrogens with zero attached hydrogens (tertiary/aromatic N) is 2. The Kier molecular flexibility index (Phi) is 4.63. The van der Waals surface area contributed by atoms with Crippen LogP contribution in [0.5, 0.6) is 0 Å². The Bertz CT molecular complexity index is 313. The lowest BCUT2D eigenvalue weighted by Crippen LogP contribution is -2.20. The van der Waals surface area contributed by atoms with E-state index in [2.05, 4.69) is 20.0 Å². The normalized spacial score (nSPS) is 20.9. The first-order chi connectivity index (χ1) is 7.59. The average Bonchev–Trinajstić information content (AvgIpc) is 2.24.